The zero-order valence-corrected chi connectivity index (χ0v) is 10.9. The third kappa shape index (κ3) is 2.85. The van der Waals surface area contributed by atoms with E-state index >= 15 is 0 Å². The topological polar surface area (TPSA) is 18.5 Å². The first-order chi connectivity index (χ1) is 8.43. The van der Waals surface area contributed by atoms with E-state index in [9.17, 15) is 0 Å². The first kappa shape index (κ1) is 12.0. The van der Waals surface area contributed by atoms with Crippen molar-refractivity contribution in [3.8, 4) is 0 Å². The van der Waals surface area contributed by atoms with Gasteiger partial charge in [-0.3, -0.25) is 0 Å². The third-order valence-corrected chi connectivity index (χ3v) is 5.06. The molecule has 0 amide bonds. The predicted octanol–water partition coefficient (Wildman–Crippen LogP) is 3.75. The lowest BCUT2D eigenvalue weighted by Gasteiger charge is -2.28. The molecule has 0 unspecified atom stereocenters. The number of hydrogen-bond donors (Lipinski definition) is 0. The maximum Gasteiger partial charge on any atom is 0.160 e. The van der Waals surface area contributed by atoms with Crippen molar-refractivity contribution in [2.24, 2.45) is 17.8 Å². The summed E-state index contributed by atoms with van der Waals surface area (Å²) in [6.07, 6.45) is 12.9. The molecule has 3 atom stereocenters. The number of rotatable bonds is 3. The van der Waals surface area contributed by atoms with Gasteiger partial charge in [-0.2, -0.15) is 0 Å². The monoisotopic (exact) mass is 238 g/mol. The summed E-state index contributed by atoms with van der Waals surface area (Å²) in [6.45, 7) is 1.87. The SMILES string of the molecule is C1CCC(CC[C@@H]2CO[C@H]3OCCC[C@@H]23)CC1. The molecule has 17 heavy (non-hydrogen) atoms. The van der Waals surface area contributed by atoms with E-state index < -0.39 is 0 Å². The lowest BCUT2D eigenvalue weighted by molar-refractivity contribution is -0.151. The summed E-state index contributed by atoms with van der Waals surface area (Å²) >= 11 is 0. The lowest BCUT2D eigenvalue weighted by Crippen LogP contribution is -2.29. The summed E-state index contributed by atoms with van der Waals surface area (Å²) < 4.78 is 11.5. The molecule has 2 heteroatoms. The molecule has 0 spiro atoms. The number of fused-ring (bicyclic) bond motifs is 1. The summed E-state index contributed by atoms with van der Waals surface area (Å²) in [5.41, 5.74) is 0. The van der Waals surface area contributed by atoms with Gasteiger partial charge in [0, 0.05) is 12.5 Å². The Kier molecular flexibility index (Phi) is 4.02. The highest BCUT2D eigenvalue weighted by Gasteiger charge is 2.39. The van der Waals surface area contributed by atoms with Crippen molar-refractivity contribution < 1.29 is 9.47 Å². The Morgan fingerprint density at radius 2 is 1.71 bits per heavy atom. The minimum absolute atomic E-state index is 0.153. The van der Waals surface area contributed by atoms with Crippen LogP contribution < -0.4 is 0 Å². The summed E-state index contributed by atoms with van der Waals surface area (Å²) in [4.78, 5) is 0. The molecule has 0 aromatic heterocycles. The summed E-state index contributed by atoms with van der Waals surface area (Å²) in [7, 11) is 0. The van der Waals surface area contributed by atoms with E-state index in [1.807, 2.05) is 0 Å². The Morgan fingerprint density at radius 1 is 0.824 bits per heavy atom. The second-order valence-corrected chi connectivity index (χ2v) is 6.22. The molecule has 3 fully saturated rings. The smallest absolute Gasteiger partial charge is 0.160 e. The zero-order valence-electron chi connectivity index (χ0n) is 10.9. The van der Waals surface area contributed by atoms with E-state index in [4.69, 9.17) is 9.47 Å². The fraction of sp³-hybridized carbons (Fsp3) is 1.00. The molecule has 0 aromatic rings. The van der Waals surface area contributed by atoms with Gasteiger partial charge in [-0.1, -0.05) is 38.5 Å². The van der Waals surface area contributed by atoms with E-state index in [0.717, 1.165) is 25.0 Å². The third-order valence-electron chi connectivity index (χ3n) is 5.06. The number of hydrogen-bond acceptors (Lipinski definition) is 2. The van der Waals surface area contributed by atoms with Crippen LogP contribution in [0.4, 0.5) is 0 Å². The molecule has 2 saturated heterocycles. The highest BCUT2D eigenvalue weighted by Crippen LogP contribution is 2.39. The maximum atomic E-state index is 5.79. The predicted molar refractivity (Wildman–Crippen MR) is 67.7 cm³/mol. The Labute approximate surface area is 105 Å². The second kappa shape index (κ2) is 5.71. The lowest BCUT2D eigenvalue weighted by atomic mass is 9.80. The normalized spacial score (nSPS) is 39.2. The van der Waals surface area contributed by atoms with Gasteiger partial charge >= 0.3 is 0 Å². The molecule has 1 saturated carbocycles. The van der Waals surface area contributed by atoms with Crippen molar-refractivity contribution in [1.82, 2.24) is 0 Å². The van der Waals surface area contributed by atoms with Crippen LogP contribution in [0.3, 0.4) is 0 Å². The molecule has 3 rings (SSSR count). The summed E-state index contributed by atoms with van der Waals surface area (Å²) in [5.74, 6) is 2.53. The average Bonchev–Trinajstić information content (AvgIpc) is 2.81. The van der Waals surface area contributed by atoms with Gasteiger partial charge in [-0.15, -0.1) is 0 Å². The van der Waals surface area contributed by atoms with Crippen LogP contribution in [0.25, 0.3) is 0 Å². The van der Waals surface area contributed by atoms with Crippen molar-refractivity contribution in [3.05, 3.63) is 0 Å². The van der Waals surface area contributed by atoms with Gasteiger partial charge in [0.25, 0.3) is 0 Å². The minimum atomic E-state index is 0.153. The van der Waals surface area contributed by atoms with Gasteiger partial charge in [-0.05, 0) is 31.1 Å². The zero-order chi connectivity index (χ0) is 11.5. The highest BCUT2D eigenvalue weighted by molar-refractivity contribution is 4.82. The molecule has 0 N–H and O–H groups in total. The molecular weight excluding hydrogens is 212 g/mol. The van der Waals surface area contributed by atoms with Crippen molar-refractivity contribution in [1.29, 1.82) is 0 Å². The van der Waals surface area contributed by atoms with Crippen LogP contribution in [0.1, 0.15) is 57.8 Å². The van der Waals surface area contributed by atoms with Crippen molar-refractivity contribution in [3.63, 3.8) is 0 Å². The van der Waals surface area contributed by atoms with Crippen molar-refractivity contribution in [2.75, 3.05) is 13.2 Å². The quantitative estimate of drug-likeness (QED) is 0.745. The van der Waals surface area contributed by atoms with E-state index in [-0.39, 0.29) is 6.29 Å². The summed E-state index contributed by atoms with van der Waals surface area (Å²) in [6, 6.07) is 0. The Hall–Kier alpha value is -0.0800. The van der Waals surface area contributed by atoms with Crippen LogP contribution in [-0.4, -0.2) is 19.5 Å². The summed E-state index contributed by atoms with van der Waals surface area (Å²) in [5, 5.41) is 0. The van der Waals surface area contributed by atoms with E-state index in [0.29, 0.717) is 5.92 Å². The van der Waals surface area contributed by atoms with Crippen molar-refractivity contribution >= 4 is 0 Å². The Bertz CT molecular complexity index is 235. The van der Waals surface area contributed by atoms with Crippen molar-refractivity contribution in [2.45, 2.75) is 64.1 Å². The minimum Gasteiger partial charge on any atom is -0.352 e. The molecule has 0 bridgehead atoms. The molecule has 2 heterocycles. The largest absolute Gasteiger partial charge is 0.352 e. The van der Waals surface area contributed by atoms with Gasteiger partial charge in [-0.25, -0.2) is 0 Å². The first-order valence-corrected chi connectivity index (χ1v) is 7.66. The van der Waals surface area contributed by atoms with Gasteiger partial charge in [0.1, 0.15) is 0 Å². The van der Waals surface area contributed by atoms with E-state index in [1.54, 1.807) is 0 Å². The van der Waals surface area contributed by atoms with E-state index in [1.165, 1.54) is 57.8 Å². The molecule has 98 valence electrons. The fourth-order valence-electron chi connectivity index (χ4n) is 3.97. The van der Waals surface area contributed by atoms with E-state index in [2.05, 4.69) is 0 Å². The molecular formula is C15H26O2. The molecule has 3 aliphatic rings. The van der Waals surface area contributed by atoms with Crippen LogP contribution in [0.15, 0.2) is 0 Å². The maximum absolute atomic E-state index is 5.79. The van der Waals surface area contributed by atoms with Gasteiger partial charge in [0.2, 0.25) is 0 Å². The second-order valence-electron chi connectivity index (χ2n) is 6.22. The first-order valence-electron chi connectivity index (χ1n) is 7.66. The molecule has 0 radical (unpaired) electrons. The molecule has 1 aliphatic carbocycles. The van der Waals surface area contributed by atoms with Gasteiger partial charge < -0.3 is 9.47 Å². The average molecular weight is 238 g/mol. The highest BCUT2D eigenvalue weighted by atomic mass is 16.7. The Balaban J connectivity index is 1.45. The fourth-order valence-corrected chi connectivity index (χ4v) is 3.97. The van der Waals surface area contributed by atoms with Crippen LogP contribution in [0.5, 0.6) is 0 Å². The van der Waals surface area contributed by atoms with Gasteiger partial charge in [0.05, 0.1) is 6.61 Å². The number of ether oxygens (including phenoxy) is 2. The standard InChI is InChI=1S/C15H26O2/c1-2-5-12(6-3-1)8-9-13-11-17-15-14(13)7-4-10-16-15/h12-15H,1-11H2/t13-,14+,15-/m1/s1. The molecule has 2 aliphatic heterocycles. The van der Waals surface area contributed by atoms with Crippen LogP contribution in [-0.2, 0) is 9.47 Å². The van der Waals surface area contributed by atoms with Crippen LogP contribution >= 0.6 is 0 Å². The van der Waals surface area contributed by atoms with Crippen LogP contribution in [0, 0.1) is 17.8 Å². The Morgan fingerprint density at radius 3 is 2.59 bits per heavy atom. The van der Waals surface area contributed by atoms with Gasteiger partial charge in [0.15, 0.2) is 6.29 Å². The molecule has 0 aromatic carbocycles. The van der Waals surface area contributed by atoms with Crippen LogP contribution in [0.2, 0.25) is 0 Å². The molecule has 2 nitrogen and oxygen atoms in total.